The number of ether oxygens (including phenoxy) is 2. The first-order valence-corrected chi connectivity index (χ1v) is 6.80. The molecule has 17 heavy (non-hydrogen) atoms. The van der Waals surface area contributed by atoms with Crippen molar-refractivity contribution in [1.82, 2.24) is 0 Å². The first kappa shape index (κ1) is 11.5. The van der Waals surface area contributed by atoms with Crippen molar-refractivity contribution in [3.05, 3.63) is 40.4 Å². The van der Waals surface area contributed by atoms with Gasteiger partial charge >= 0.3 is 0 Å². The summed E-state index contributed by atoms with van der Waals surface area (Å²) in [6.45, 7) is 1.47. The SMILES string of the molecule is Brc1cccc(C2=CCC3(CC2)OCCO3)c1. The van der Waals surface area contributed by atoms with Crippen LogP contribution in [0.5, 0.6) is 0 Å². The summed E-state index contributed by atoms with van der Waals surface area (Å²) >= 11 is 3.51. The summed E-state index contributed by atoms with van der Waals surface area (Å²) in [4.78, 5) is 0. The van der Waals surface area contributed by atoms with E-state index in [9.17, 15) is 0 Å². The van der Waals surface area contributed by atoms with Crippen LogP contribution < -0.4 is 0 Å². The zero-order valence-corrected chi connectivity index (χ0v) is 11.2. The molecular weight excluding hydrogens is 280 g/mol. The molecule has 3 rings (SSSR count). The molecule has 0 atom stereocenters. The lowest BCUT2D eigenvalue weighted by Gasteiger charge is -2.30. The zero-order valence-electron chi connectivity index (χ0n) is 9.62. The van der Waals surface area contributed by atoms with Gasteiger partial charge in [0.15, 0.2) is 5.79 Å². The third-order valence-corrected chi connectivity index (χ3v) is 3.94. The minimum atomic E-state index is -0.310. The number of halogens is 1. The number of allylic oxidation sites excluding steroid dienone is 1. The Morgan fingerprint density at radius 3 is 2.65 bits per heavy atom. The van der Waals surface area contributed by atoms with Gasteiger partial charge in [-0.1, -0.05) is 34.1 Å². The Morgan fingerprint density at radius 2 is 2.00 bits per heavy atom. The molecule has 3 heteroatoms. The van der Waals surface area contributed by atoms with Crippen LogP contribution in [-0.2, 0) is 9.47 Å². The van der Waals surface area contributed by atoms with Crippen molar-refractivity contribution >= 4 is 21.5 Å². The van der Waals surface area contributed by atoms with Crippen molar-refractivity contribution in [2.45, 2.75) is 25.0 Å². The maximum Gasteiger partial charge on any atom is 0.172 e. The highest BCUT2D eigenvalue weighted by Crippen LogP contribution is 2.38. The Morgan fingerprint density at radius 1 is 1.18 bits per heavy atom. The Hall–Kier alpha value is -0.640. The Labute approximate surface area is 110 Å². The van der Waals surface area contributed by atoms with Crippen LogP contribution in [0.3, 0.4) is 0 Å². The molecule has 0 bridgehead atoms. The first-order chi connectivity index (χ1) is 8.27. The second-order valence-corrected chi connectivity index (χ2v) is 5.47. The van der Waals surface area contributed by atoms with E-state index in [4.69, 9.17) is 9.47 Å². The molecule has 1 spiro atoms. The summed E-state index contributed by atoms with van der Waals surface area (Å²) in [5.74, 6) is -0.310. The van der Waals surface area contributed by atoms with Crippen molar-refractivity contribution in [3.8, 4) is 0 Å². The van der Waals surface area contributed by atoms with Gasteiger partial charge in [-0.05, 0) is 29.7 Å². The standard InChI is InChI=1S/C14H15BrO2/c15-13-3-1-2-12(10-13)11-4-6-14(7-5-11)16-8-9-17-14/h1-4,10H,5-9H2. The third kappa shape index (κ3) is 2.32. The second kappa shape index (κ2) is 4.56. The summed E-state index contributed by atoms with van der Waals surface area (Å²) in [6.07, 6.45) is 5.12. The molecule has 0 saturated carbocycles. The minimum absolute atomic E-state index is 0.310. The molecule has 0 aromatic heterocycles. The Kier molecular flexibility index (Phi) is 3.07. The summed E-state index contributed by atoms with van der Waals surface area (Å²) < 4.78 is 12.6. The van der Waals surface area contributed by atoms with E-state index < -0.39 is 0 Å². The lowest BCUT2D eigenvalue weighted by atomic mass is 9.90. The first-order valence-electron chi connectivity index (χ1n) is 6.00. The van der Waals surface area contributed by atoms with Crippen molar-refractivity contribution in [2.75, 3.05) is 13.2 Å². The summed E-state index contributed by atoms with van der Waals surface area (Å²) in [7, 11) is 0. The van der Waals surface area contributed by atoms with Crippen LogP contribution >= 0.6 is 15.9 Å². The predicted octanol–water partition coefficient (Wildman–Crippen LogP) is 3.76. The number of benzene rings is 1. The van der Waals surface area contributed by atoms with Crippen molar-refractivity contribution in [2.24, 2.45) is 0 Å². The van der Waals surface area contributed by atoms with E-state index in [2.05, 4.69) is 46.3 Å². The van der Waals surface area contributed by atoms with Gasteiger partial charge in [0.2, 0.25) is 0 Å². The number of rotatable bonds is 1. The molecule has 1 fully saturated rings. The van der Waals surface area contributed by atoms with Crippen LogP contribution in [0.1, 0.15) is 24.8 Å². The fourth-order valence-corrected chi connectivity index (χ4v) is 2.92. The maximum atomic E-state index is 5.71. The predicted molar refractivity (Wildman–Crippen MR) is 70.6 cm³/mol. The van der Waals surface area contributed by atoms with Crippen LogP contribution in [0.4, 0.5) is 0 Å². The maximum absolute atomic E-state index is 5.71. The van der Waals surface area contributed by atoms with Gasteiger partial charge in [0.1, 0.15) is 0 Å². The van der Waals surface area contributed by atoms with Crippen LogP contribution in [0.2, 0.25) is 0 Å². The molecule has 0 radical (unpaired) electrons. The third-order valence-electron chi connectivity index (χ3n) is 3.44. The molecule has 1 aromatic rings. The van der Waals surface area contributed by atoms with Gasteiger partial charge in [0.25, 0.3) is 0 Å². The van der Waals surface area contributed by atoms with E-state index in [1.54, 1.807) is 0 Å². The molecule has 1 heterocycles. The van der Waals surface area contributed by atoms with Gasteiger partial charge in [0.05, 0.1) is 13.2 Å². The monoisotopic (exact) mass is 294 g/mol. The van der Waals surface area contributed by atoms with E-state index in [-0.39, 0.29) is 5.79 Å². The molecule has 0 amide bonds. The smallest absolute Gasteiger partial charge is 0.172 e. The molecular formula is C14H15BrO2. The number of hydrogen-bond donors (Lipinski definition) is 0. The molecule has 90 valence electrons. The van der Waals surface area contributed by atoms with Crippen LogP contribution in [0.25, 0.3) is 5.57 Å². The van der Waals surface area contributed by atoms with Gasteiger partial charge in [-0.25, -0.2) is 0 Å². The number of hydrogen-bond acceptors (Lipinski definition) is 2. The molecule has 1 aliphatic carbocycles. The normalized spacial score (nSPS) is 22.8. The van der Waals surface area contributed by atoms with Crippen LogP contribution in [0.15, 0.2) is 34.8 Å². The summed E-state index contributed by atoms with van der Waals surface area (Å²) in [6, 6.07) is 8.45. The van der Waals surface area contributed by atoms with E-state index in [0.29, 0.717) is 0 Å². The lowest BCUT2D eigenvalue weighted by molar-refractivity contribution is -0.159. The van der Waals surface area contributed by atoms with Gasteiger partial charge in [0, 0.05) is 17.3 Å². The summed E-state index contributed by atoms with van der Waals surface area (Å²) in [5, 5.41) is 0. The topological polar surface area (TPSA) is 18.5 Å². The second-order valence-electron chi connectivity index (χ2n) is 4.55. The average molecular weight is 295 g/mol. The van der Waals surface area contributed by atoms with Gasteiger partial charge < -0.3 is 9.47 Å². The quantitative estimate of drug-likeness (QED) is 0.785. The molecule has 2 nitrogen and oxygen atoms in total. The molecule has 1 aliphatic heterocycles. The van der Waals surface area contributed by atoms with Gasteiger partial charge in [-0.2, -0.15) is 0 Å². The lowest BCUT2D eigenvalue weighted by Crippen LogP contribution is -2.31. The highest BCUT2D eigenvalue weighted by Gasteiger charge is 2.37. The van der Waals surface area contributed by atoms with E-state index in [0.717, 1.165) is 36.9 Å². The molecule has 0 N–H and O–H groups in total. The Balaban J connectivity index is 1.80. The van der Waals surface area contributed by atoms with E-state index in [1.165, 1.54) is 11.1 Å². The summed E-state index contributed by atoms with van der Waals surface area (Å²) in [5.41, 5.74) is 2.70. The fourth-order valence-electron chi connectivity index (χ4n) is 2.52. The van der Waals surface area contributed by atoms with E-state index in [1.807, 2.05) is 0 Å². The zero-order chi connectivity index (χ0) is 11.7. The highest BCUT2D eigenvalue weighted by atomic mass is 79.9. The van der Waals surface area contributed by atoms with Crippen LogP contribution in [-0.4, -0.2) is 19.0 Å². The van der Waals surface area contributed by atoms with Crippen molar-refractivity contribution < 1.29 is 9.47 Å². The Bertz CT molecular complexity index is 447. The molecule has 2 aliphatic rings. The molecule has 1 saturated heterocycles. The van der Waals surface area contributed by atoms with Crippen molar-refractivity contribution in [3.63, 3.8) is 0 Å². The van der Waals surface area contributed by atoms with Gasteiger partial charge in [-0.15, -0.1) is 0 Å². The fraction of sp³-hybridized carbons (Fsp3) is 0.429. The van der Waals surface area contributed by atoms with Gasteiger partial charge in [-0.3, -0.25) is 0 Å². The molecule has 1 aromatic carbocycles. The van der Waals surface area contributed by atoms with Crippen molar-refractivity contribution in [1.29, 1.82) is 0 Å². The largest absolute Gasteiger partial charge is 0.347 e. The average Bonchev–Trinajstić information content (AvgIpc) is 2.79. The molecule has 0 unspecified atom stereocenters. The van der Waals surface area contributed by atoms with Crippen LogP contribution in [0, 0.1) is 0 Å². The highest BCUT2D eigenvalue weighted by molar-refractivity contribution is 9.10. The minimum Gasteiger partial charge on any atom is -0.347 e. The van der Waals surface area contributed by atoms with E-state index >= 15 is 0 Å².